The number of hydrogen-bond donors (Lipinski definition) is 0. The summed E-state index contributed by atoms with van der Waals surface area (Å²) < 4.78 is 18.5. The molecule has 0 spiro atoms. The Morgan fingerprint density at radius 1 is 0.967 bits per heavy atom. The van der Waals surface area contributed by atoms with E-state index in [1.54, 1.807) is 7.11 Å². The maximum atomic E-state index is 13.4. The van der Waals surface area contributed by atoms with Gasteiger partial charge in [0.2, 0.25) is 11.2 Å². The van der Waals surface area contributed by atoms with E-state index in [4.69, 9.17) is 13.9 Å². The molecule has 4 nitrogen and oxygen atoms in total. The Labute approximate surface area is 183 Å². The first kappa shape index (κ1) is 20.2. The first-order valence-electron chi connectivity index (χ1n) is 9.56. The Hall–Kier alpha value is -3.05. The molecule has 0 aliphatic rings. The minimum Gasteiger partial charge on any atom is -0.497 e. The Morgan fingerprint density at radius 3 is 2.33 bits per heavy atom. The van der Waals surface area contributed by atoms with E-state index in [0.717, 1.165) is 32.5 Å². The van der Waals surface area contributed by atoms with Crippen LogP contribution in [0.2, 0.25) is 0 Å². The van der Waals surface area contributed by atoms with Gasteiger partial charge in [0.05, 0.1) is 12.5 Å². The van der Waals surface area contributed by atoms with Crippen molar-refractivity contribution in [3.05, 3.63) is 92.1 Å². The normalized spacial score (nSPS) is 10.9. The zero-order valence-electron chi connectivity index (χ0n) is 17.0. The van der Waals surface area contributed by atoms with Gasteiger partial charge in [-0.1, -0.05) is 34.1 Å². The Bertz CT molecular complexity index is 1260. The summed E-state index contributed by atoms with van der Waals surface area (Å²) in [5, 5.41) is 0.524. The van der Waals surface area contributed by atoms with Crippen molar-refractivity contribution < 1.29 is 13.9 Å². The van der Waals surface area contributed by atoms with Crippen molar-refractivity contribution in [2.45, 2.75) is 20.5 Å². The van der Waals surface area contributed by atoms with Gasteiger partial charge in [-0.2, -0.15) is 0 Å². The molecular formula is C25H21BrO4. The number of aryl methyl sites for hydroxylation is 2. The smallest absolute Gasteiger partial charge is 0.235 e. The third-order valence-corrected chi connectivity index (χ3v) is 5.46. The highest BCUT2D eigenvalue weighted by Gasteiger charge is 2.19. The summed E-state index contributed by atoms with van der Waals surface area (Å²) in [7, 11) is 1.61. The molecule has 0 N–H and O–H groups in total. The van der Waals surface area contributed by atoms with Crippen molar-refractivity contribution in [1.82, 2.24) is 0 Å². The lowest BCUT2D eigenvalue weighted by Gasteiger charge is -2.13. The van der Waals surface area contributed by atoms with E-state index in [-0.39, 0.29) is 17.8 Å². The molecule has 0 amide bonds. The van der Waals surface area contributed by atoms with E-state index in [1.165, 1.54) is 0 Å². The Morgan fingerprint density at radius 2 is 1.67 bits per heavy atom. The molecule has 0 saturated carbocycles. The first-order valence-corrected chi connectivity index (χ1v) is 10.4. The van der Waals surface area contributed by atoms with E-state index >= 15 is 0 Å². The van der Waals surface area contributed by atoms with Crippen LogP contribution in [0.25, 0.3) is 22.3 Å². The molecule has 3 aromatic carbocycles. The van der Waals surface area contributed by atoms with Crippen molar-refractivity contribution in [3.8, 4) is 22.8 Å². The minimum absolute atomic E-state index is 0.175. The standard InChI is InChI=1S/C25H21BrO4/c1-15-12-16(2)23-21(13-15)22(27)25(29-14-17-4-8-19(26)9-5-17)24(30-23)18-6-10-20(28-3)11-7-18/h4-13H,14H2,1-3H3. The summed E-state index contributed by atoms with van der Waals surface area (Å²) in [6.45, 7) is 4.17. The number of methoxy groups -OCH3 is 1. The van der Waals surface area contributed by atoms with Crippen LogP contribution < -0.4 is 14.9 Å². The lowest BCUT2D eigenvalue weighted by atomic mass is 10.1. The Balaban J connectivity index is 1.86. The monoisotopic (exact) mass is 464 g/mol. The van der Waals surface area contributed by atoms with Gasteiger partial charge in [-0.15, -0.1) is 0 Å². The number of benzene rings is 3. The zero-order valence-corrected chi connectivity index (χ0v) is 18.6. The van der Waals surface area contributed by atoms with Crippen molar-refractivity contribution >= 4 is 26.9 Å². The van der Waals surface area contributed by atoms with E-state index in [1.807, 2.05) is 74.5 Å². The SMILES string of the molecule is COc1ccc(-c2oc3c(C)cc(C)cc3c(=O)c2OCc2ccc(Br)cc2)cc1. The third-order valence-electron chi connectivity index (χ3n) is 4.93. The van der Waals surface area contributed by atoms with E-state index < -0.39 is 0 Å². The number of halogens is 1. The summed E-state index contributed by atoms with van der Waals surface area (Å²) >= 11 is 3.43. The molecule has 0 fully saturated rings. The molecule has 152 valence electrons. The van der Waals surface area contributed by atoms with Gasteiger partial charge in [0, 0.05) is 10.0 Å². The van der Waals surface area contributed by atoms with E-state index in [0.29, 0.717) is 16.7 Å². The van der Waals surface area contributed by atoms with Crippen molar-refractivity contribution in [2.75, 3.05) is 7.11 Å². The highest BCUT2D eigenvalue weighted by molar-refractivity contribution is 9.10. The number of ether oxygens (including phenoxy) is 2. The van der Waals surface area contributed by atoms with Gasteiger partial charge >= 0.3 is 0 Å². The van der Waals surface area contributed by atoms with Crippen LogP contribution in [0.15, 0.2) is 74.3 Å². The number of fused-ring (bicyclic) bond motifs is 1. The second kappa shape index (κ2) is 8.36. The molecule has 1 heterocycles. The molecule has 0 unspecified atom stereocenters. The molecule has 1 aromatic heterocycles. The highest BCUT2D eigenvalue weighted by atomic mass is 79.9. The molecule has 4 aromatic rings. The van der Waals surface area contributed by atoms with Gasteiger partial charge < -0.3 is 13.9 Å². The van der Waals surface area contributed by atoms with Gasteiger partial charge in [-0.05, 0) is 73.0 Å². The van der Waals surface area contributed by atoms with Gasteiger partial charge in [0.1, 0.15) is 17.9 Å². The molecule has 0 radical (unpaired) electrons. The van der Waals surface area contributed by atoms with Crippen molar-refractivity contribution in [1.29, 1.82) is 0 Å². The van der Waals surface area contributed by atoms with E-state index in [2.05, 4.69) is 15.9 Å². The van der Waals surface area contributed by atoms with Gasteiger partial charge in [0.15, 0.2) is 5.76 Å². The largest absolute Gasteiger partial charge is 0.497 e. The lowest BCUT2D eigenvalue weighted by Crippen LogP contribution is -2.11. The lowest BCUT2D eigenvalue weighted by molar-refractivity contribution is 0.298. The van der Waals surface area contributed by atoms with Crippen molar-refractivity contribution in [2.24, 2.45) is 0 Å². The van der Waals surface area contributed by atoms with Gasteiger partial charge in [-0.25, -0.2) is 0 Å². The van der Waals surface area contributed by atoms with Crippen LogP contribution in [0.4, 0.5) is 0 Å². The van der Waals surface area contributed by atoms with Crippen LogP contribution in [0.1, 0.15) is 16.7 Å². The molecule has 4 rings (SSSR count). The maximum Gasteiger partial charge on any atom is 0.235 e. The molecular weight excluding hydrogens is 444 g/mol. The summed E-state index contributed by atoms with van der Waals surface area (Å²) in [4.78, 5) is 13.4. The molecule has 0 aliphatic heterocycles. The topological polar surface area (TPSA) is 48.7 Å². The average molecular weight is 465 g/mol. The summed E-state index contributed by atoms with van der Waals surface area (Å²) in [5.74, 6) is 1.35. The number of hydrogen-bond acceptors (Lipinski definition) is 4. The average Bonchev–Trinajstić information content (AvgIpc) is 2.75. The molecule has 0 bridgehead atoms. The zero-order chi connectivity index (χ0) is 21.3. The van der Waals surface area contributed by atoms with Crippen LogP contribution >= 0.6 is 15.9 Å². The molecule has 5 heteroatoms. The molecule has 30 heavy (non-hydrogen) atoms. The quantitative estimate of drug-likeness (QED) is 0.341. The predicted molar refractivity (Wildman–Crippen MR) is 122 cm³/mol. The Kier molecular flexibility index (Phi) is 5.64. The predicted octanol–water partition coefficient (Wildman–Crippen LogP) is 6.43. The minimum atomic E-state index is -0.175. The fourth-order valence-corrected chi connectivity index (χ4v) is 3.70. The fraction of sp³-hybridized carbons (Fsp3) is 0.160. The van der Waals surface area contributed by atoms with Crippen molar-refractivity contribution in [3.63, 3.8) is 0 Å². The molecule has 0 aliphatic carbocycles. The van der Waals surface area contributed by atoms with E-state index in [9.17, 15) is 4.79 Å². The summed E-state index contributed by atoms with van der Waals surface area (Å²) in [6.07, 6.45) is 0. The first-order chi connectivity index (χ1) is 14.5. The van der Waals surface area contributed by atoms with Crippen LogP contribution in [0, 0.1) is 13.8 Å². The number of rotatable bonds is 5. The second-order valence-corrected chi connectivity index (χ2v) is 8.11. The van der Waals surface area contributed by atoms with Gasteiger partial charge in [0.25, 0.3) is 0 Å². The van der Waals surface area contributed by atoms with Crippen LogP contribution in [0.3, 0.4) is 0 Å². The van der Waals surface area contributed by atoms with Crippen LogP contribution in [0.5, 0.6) is 11.5 Å². The summed E-state index contributed by atoms with van der Waals surface area (Å²) in [6, 6.07) is 19.0. The second-order valence-electron chi connectivity index (χ2n) is 7.19. The van der Waals surface area contributed by atoms with Crippen LogP contribution in [-0.4, -0.2) is 7.11 Å². The highest BCUT2D eigenvalue weighted by Crippen LogP contribution is 2.33. The summed E-state index contributed by atoms with van der Waals surface area (Å²) in [5.41, 5.74) is 4.03. The fourth-order valence-electron chi connectivity index (χ4n) is 3.43. The molecule has 0 saturated heterocycles. The maximum absolute atomic E-state index is 13.4. The van der Waals surface area contributed by atoms with Crippen LogP contribution in [-0.2, 0) is 6.61 Å². The van der Waals surface area contributed by atoms with Gasteiger partial charge in [-0.3, -0.25) is 4.79 Å². The third kappa shape index (κ3) is 3.98. The molecule has 0 atom stereocenters.